The second-order valence-electron chi connectivity index (χ2n) is 3.90. The van der Waals surface area contributed by atoms with E-state index >= 15 is 0 Å². The molecule has 1 radical (unpaired) electrons. The third-order valence-electron chi connectivity index (χ3n) is 2.58. The fourth-order valence-electron chi connectivity index (χ4n) is 1.66. The summed E-state index contributed by atoms with van der Waals surface area (Å²) in [5.41, 5.74) is 3.35. The predicted octanol–water partition coefficient (Wildman–Crippen LogP) is 3.70. The molecule has 3 heteroatoms. The lowest BCUT2D eigenvalue weighted by molar-refractivity contribution is 1.23. The van der Waals surface area contributed by atoms with E-state index < -0.39 is 0 Å². The third-order valence-corrected chi connectivity index (χ3v) is 3.52. The van der Waals surface area contributed by atoms with Gasteiger partial charge in [-0.1, -0.05) is 29.8 Å². The van der Waals surface area contributed by atoms with Crippen molar-refractivity contribution in [3.05, 3.63) is 60.4 Å². The average Bonchev–Trinajstić information content (AvgIpc) is 2.76. The number of hydrogen-bond acceptors (Lipinski definition) is 2. The van der Waals surface area contributed by atoms with Crippen molar-refractivity contribution in [3.8, 4) is 0 Å². The smallest absolute Gasteiger partial charge is 0.189 e. The number of nitrogens with zero attached hydrogens (tertiary/aromatic N) is 2. The van der Waals surface area contributed by atoms with Gasteiger partial charge in [0.15, 0.2) is 6.33 Å². The summed E-state index contributed by atoms with van der Waals surface area (Å²) >= 11 is 1.63. The van der Waals surface area contributed by atoms with Crippen molar-refractivity contribution in [1.29, 1.82) is 0 Å². The summed E-state index contributed by atoms with van der Waals surface area (Å²) in [5.74, 6) is 0. The van der Waals surface area contributed by atoms with Crippen molar-refractivity contribution in [2.24, 2.45) is 0 Å². The Morgan fingerprint density at radius 1 is 1.06 bits per heavy atom. The second-order valence-corrected chi connectivity index (χ2v) is 4.92. The van der Waals surface area contributed by atoms with Crippen LogP contribution in [0.5, 0.6) is 0 Å². The van der Waals surface area contributed by atoms with Gasteiger partial charge in [-0.2, -0.15) is 0 Å². The molecule has 0 amide bonds. The summed E-state index contributed by atoms with van der Waals surface area (Å²) in [6, 6.07) is 16.5. The van der Waals surface area contributed by atoms with Crippen LogP contribution in [0, 0.1) is 13.3 Å². The Labute approximate surface area is 104 Å². The van der Waals surface area contributed by atoms with Crippen LogP contribution in [0.1, 0.15) is 5.56 Å². The molecule has 2 nitrogen and oxygen atoms in total. The molecule has 0 fully saturated rings. The van der Waals surface area contributed by atoms with Crippen LogP contribution in [-0.4, -0.2) is 8.96 Å². The van der Waals surface area contributed by atoms with Crippen molar-refractivity contribution >= 4 is 23.0 Å². The molecule has 0 atom stereocenters. The van der Waals surface area contributed by atoms with Gasteiger partial charge in [-0.3, -0.25) is 3.97 Å². The maximum Gasteiger partial charge on any atom is 0.189 e. The number of aromatic nitrogens is 2. The van der Waals surface area contributed by atoms with Crippen molar-refractivity contribution in [1.82, 2.24) is 8.96 Å². The van der Waals surface area contributed by atoms with Gasteiger partial charge in [0.05, 0.1) is 11.0 Å². The Morgan fingerprint density at radius 2 is 1.82 bits per heavy atom. The summed E-state index contributed by atoms with van der Waals surface area (Å²) in [7, 11) is 0. The lowest BCUT2D eigenvalue weighted by atomic mass is 10.2. The predicted molar refractivity (Wildman–Crippen MR) is 71.0 cm³/mol. The summed E-state index contributed by atoms with van der Waals surface area (Å²) in [6.07, 6.45) is 3.01. The lowest BCUT2D eigenvalue weighted by Crippen LogP contribution is -1.84. The molecular formula is C14H11N2S. The summed E-state index contributed by atoms with van der Waals surface area (Å²) in [4.78, 5) is 5.44. The number of hydrogen-bond donors (Lipinski definition) is 0. The van der Waals surface area contributed by atoms with Crippen LogP contribution >= 0.6 is 11.9 Å². The highest BCUT2D eigenvalue weighted by Crippen LogP contribution is 2.24. The maximum atomic E-state index is 4.25. The van der Waals surface area contributed by atoms with Crippen molar-refractivity contribution in [2.45, 2.75) is 11.8 Å². The monoisotopic (exact) mass is 239 g/mol. The Morgan fingerprint density at radius 3 is 2.65 bits per heavy atom. The molecule has 0 N–H and O–H groups in total. The van der Waals surface area contributed by atoms with Gasteiger partial charge < -0.3 is 0 Å². The largest absolute Gasteiger partial charge is 0.258 e. The Kier molecular flexibility index (Phi) is 2.61. The number of fused-ring (bicyclic) bond motifs is 1. The van der Waals surface area contributed by atoms with Crippen molar-refractivity contribution in [2.75, 3.05) is 0 Å². The lowest BCUT2D eigenvalue weighted by Gasteiger charge is -2.02. The number of benzene rings is 2. The van der Waals surface area contributed by atoms with Gasteiger partial charge in [-0.05, 0) is 43.1 Å². The van der Waals surface area contributed by atoms with Gasteiger partial charge >= 0.3 is 0 Å². The molecule has 0 bridgehead atoms. The highest BCUT2D eigenvalue weighted by atomic mass is 32.2. The minimum absolute atomic E-state index is 0.979. The molecule has 0 aliphatic heterocycles. The van der Waals surface area contributed by atoms with Crippen molar-refractivity contribution < 1.29 is 0 Å². The van der Waals surface area contributed by atoms with Crippen molar-refractivity contribution in [3.63, 3.8) is 0 Å². The minimum atomic E-state index is 0.979. The first-order valence-electron chi connectivity index (χ1n) is 5.43. The fraction of sp³-hybridized carbons (Fsp3) is 0.0714. The summed E-state index contributed by atoms with van der Waals surface area (Å²) < 4.78 is 1.97. The zero-order valence-electron chi connectivity index (χ0n) is 9.42. The molecule has 0 spiro atoms. The SMILES string of the molecule is Cc1ccc(Sn2[c]nc3ccccc32)cc1. The van der Waals surface area contributed by atoms with Crippen LogP contribution in [0.3, 0.4) is 0 Å². The van der Waals surface area contributed by atoms with E-state index in [0.717, 1.165) is 11.0 Å². The number of imidazole rings is 1. The molecule has 3 aromatic rings. The van der Waals surface area contributed by atoms with Crippen LogP contribution in [0.15, 0.2) is 53.4 Å². The Bertz CT molecular complexity index is 641. The standard InChI is InChI=1S/C14H11N2S/c1-11-6-8-12(9-7-11)17-16-10-15-13-4-2-3-5-14(13)16/h2-9H,1H3. The Hall–Kier alpha value is -1.74. The van der Waals surface area contributed by atoms with E-state index in [0.29, 0.717) is 0 Å². The first-order valence-corrected chi connectivity index (χ1v) is 6.20. The molecule has 1 heterocycles. The average molecular weight is 239 g/mol. The minimum Gasteiger partial charge on any atom is -0.258 e. The molecule has 0 saturated carbocycles. The van der Waals surface area contributed by atoms with E-state index in [2.05, 4.69) is 48.6 Å². The van der Waals surface area contributed by atoms with E-state index in [9.17, 15) is 0 Å². The fourth-order valence-corrected chi connectivity index (χ4v) is 2.46. The summed E-state index contributed by atoms with van der Waals surface area (Å²) in [5, 5.41) is 0. The van der Waals surface area contributed by atoms with Gasteiger partial charge in [0.2, 0.25) is 0 Å². The van der Waals surface area contributed by atoms with E-state index in [4.69, 9.17) is 0 Å². The molecule has 3 rings (SSSR count). The zero-order chi connectivity index (χ0) is 11.7. The molecule has 0 aliphatic rings. The van der Waals surface area contributed by atoms with Gasteiger partial charge in [0, 0.05) is 4.90 Å². The molecule has 0 unspecified atom stereocenters. The van der Waals surface area contributed by atoms with E-state index in [1.54, 1.807) is 11.9 Å². The third kappa shape index (κ3) is 2.06. The van der Waals surface area contributed by atoms with Crippen LogP contribution < -0.4 is 0 Å². The van der Waals surface area contributed by atoms with E-state index in [1.807, 2.05) is 22.2 Å². The van der Waals surface area contributed by atoms with E-state index in [1.165, 1.54) is 10.5 Å². The first-order chi connectivity index (χ1) is 8.33. The molecule has 17 heavy (non-hydrogen) atoms. The van der Waals surface area contributed by atoms with Crippen LogP contribution in [-0.2, 0) is 0 Å². The first kappa shape index (κ1) is 10.4. The van der Waals surface area contributed by atoms with Gasteiger partial charge in [-0.15, -0.1) is 0 Å². The van der Waals surface area contributed by atoms with E-state index in [-0.39, 0.29) is 0 Å². The summed E-state index contributed by atoms with van der Waals surface area (Å²) in [6.45, 7) is 2.09. The highest BCUT2D eigenvalue weighted by molar-refractivity contribution is 7.98. The van der Waals surface area contributed by atoms with Gasteiger partial charge in [0.25, 0.3) is 0 Å². The molecule has 83 valence electrons. The highest BCUT2D eigenvalue weighted by Gasteiger charge is 2.03. The normalized spacial score (nSPS) is 10.9. The molecule has 0 aliphatic carbocycles. The Balaban J connectivity index is 1.97. The number of rotatable bonds is 2. The van der Waals surface area contributed by atoms with Crippen LogP contribution in [0.2, 0.25) is 0 Å². The molecule has 0 saturated heterocycles. The van der Waals surface area contributed by atoms with Gasteiger partial charge in [-0.25, -0.2) is 4.98 Å². The maximum absolute atomic E-state index is 4.25. The van der Waals surface area contributed by atoms with Gasteiger partial charge in [0.1, 0.15) is 0 Å². The van der Waals surface area contributed by atoms with Crippen LogP contribution in [0.4, 0.5) is 0 Å². The molecule has 1 aromatic heterocycles. The van der Waals surface area contributed by atoms with Crippen LogP contribution in [0.25, 0.3) is 11.0 Å². The molecule has 2 aromatic carbocycles. The quantitative estimate of drug-likeness (QED) is 0.678. The number of para-hydroxylation sites is 2. The topological polar surface area (TPSA) is 17.8 Å². The molecular weight excluding hydrogens is 228 g/mol. The number of aryl methyl sites for hydroxylation is 1. The zero-order valence-corrected chi connectivity index (χ0v) is 10.2. The second kappa shape index (κ2) is 4.26.